The molecule has 0 unspecified atom stereocenters. The summed E-state index contributed by atoms with van der Waals surface area (Å²) < 4.78 is 5.59. The number of carbonyl (C=O) groups is 1. The molecule has 0 fully saturated rings. The van der Waals surface area contributed by atoms with Crippen molar-refractivity contribution in [2.45, 2.75) is 19.5 Å². The number of ether oxygens (including phenoxy) is 1. The van der Waals surface area contributed by atoms with Crippen molar-refractivity contribution in [3.63, 3.8) is 0 Å². The second-order valence-electron chi connectivity index (χ2n) is 4.68. The lowest BCUT2D eigenvalue weighted by atomic mass is 10.1. The summed E-state index contributed by atoms with van der Waals surface area (Å²) in [7, 11) is 1.38. The van der Waals surface area contributed by atoms with E-state index in [1.807, 2.05) is 18.2 Å². The van der Waals surface area contributed by atoms with Crippen LogP contribution < -0.4 is 5.32 Å². The van der Waals surface area contributed by atoms with Crippen LogP contribution in [0.25, 0.3) is 0 Å². The van der Waals surface area contributed by atoms with E-state index in [4.69, 9.17) is 4.74 Å². The van der Waals surface area contributed by atoms with Gasteiger partial charge in [0.25, 0.3) is 0 Å². The monoisotopic (exact) mass is 348 g/mol. The van der Waals surface area contributed by atoms with Crippen molar-refractivity contribution in [2.24, 2.45) is 0 Å². The van der Waals surface area contributed by atoms with Crippen LogP contribution in [0.15, 0.2) is 47.2 Å². The molecule has 110 valence electrons. The van der Waals surface area contributed by atoms with Crippen LogP contribution in [-0.4, -0.2) is 18.1 Å². The predicted octanol–water partition coefficient (Wildman–Crippen LogP) is 3.48. The standard InChI is InChI=1S/C16H17BrN2O2/c1-11(12-5-7-18-8-6-12)19-10-14-4-3-13(9-15(14)17)16(20)21-2/h3-9,11,19H,10H2,1-2H3/t11-/m0/s1. The fourth-order valence-corrected chi connectivity index (χ4v) is 2.49. The van der Waals surface area contributed by atoms with Gasteiger partial charge >= 0.3 is 5.97 Å². The smallest absolute Gasteiger partial charge is 0.337 e. The first kappa shape index (κ1) is 15.7. The maximum absolute atomic E-state index is 11.5. The third-order valence-corrected chi connectivity index (χ3v) is 4.02. The lowest BCUT2D eigenvalue weighted by Gasteiger charge is -2.15. The van der Waals surface area contributed by atoms with E-state index in [1.54, 1.807) is 24.5 Å². The number of halogens is 1. The van der Waals surface area contributed by atoms with E-state index in [0.717, 1.165) is 10.0 Å². The van der Waals surface area contributed by atoms with Gasteiger partial charge in [-0.25, -0.2) is 4.79 Å². The highest BCUT2D eigenvalue weighted by Gasteiger charge is 2.10. The molecule has 2 rings (SSSR count). The largest absolute Gasteiger partial charge is 0.465 e. The Morgan fingerprint density at radius 2 is 2.05 bits per heavy atom. The van der Waals surface area contributed by atoms with Gasteiger partial charge in [0.05, 0.1) is 12.7 Å². The summed E-state index contributed by atoms with van der Waals surface area (Å²) in [6.07, 6.45) is 3.57. The molecule has 1 heterocycles. The maximum atomic E-state index is 11.5. The number of nitrogens with zero attached hydrogens (tertiary/aromatic N) is 1. The molecule has 4 nitrogen and oxygen atoms in total. The number of aromatic nitrogens is 1. The number of benzene rings is 1. The molecule has 1 atom stereocenters. The number of methoxy groups -OCH3 is 1. The highest BCUT2D eigenvalue weighted by atomic mass is 79.9. The third kappa shape index (κ3) is 4.12. The molecule has 2 aromatic rings. The zero-order valence-electron chi connectivity index (χ0n) is 12.0. The second-order valence-corrected chi connectivity index (χ2v) is 5.54. The van der Waals surface area contributed by atoms with Gasteiger partial charge in [0.2, 0.25) is 0 Å². The van der Waals surface area contributed by atoms with Crippen molar-refractivity contribution in [2.75, 3.05) is 7.11 Å². The summed E-state index contributed by atoms with van der Waals surface area (Å²) in [4.78, 5) is 15.5. The lowest BCUT2D eigenvalue weighted by molar-refractivity contribution is 0.0600. The van der Waals surface area contributed by atoms with Crippen LogP contribution in [-0.2, 0) is 11.3 Å². The van der Waals surface area contributed by atoms with Crippen molar-refractivity contribution in [3.05, 3.63) is 63.9 Å². The van der Waals surface area contributed by atoms with Gasteiger partial charge < -0.3 is 10.1 Å². The minimum Gasteiger partial charge on any atom is -0.465 e. The Labute approximate surface area is 132 Å². The SMILES string of the molecule is COC(=O)c1ccc(CN[C@@H](C)c2ccncc2)c(Br)c1. The molecule has 0 bridgehead atoms. The normalized spacial score (nSPS) is 12.0. The fraction of sp³-hybridized carbons (Fsp3) is 0.250. The minimum absolute atomic E-state index is 0.222. The number of nitrogens with one attached hydrogen (secondary N) is 1. The number of hydrogen-bond acceptors (Lipinski definition) is 4. The third-order valence-electron chi connectivity index (χ3n) is 3.28. The summed E-state index contributed by atoms with van der Waals surface area (Å²) in [5.41, 5.74) is 2.81. The zero-order chi connectivity index (χ0) is 15.2. The van der Waals surface area contributed by atoms with Crippen LogP contribution in [0.1, 0.15) is 34.5 Å². The summed E-state index contributed by atoms with van der Waals surface area (Å²) in [5, 5.41) is 3.44. The number of pyridine rings is 1. The molecule has 0 amide bonds. The molecule has 0 saturated heterocycles. The number of rotatable bonds is 5. The van der Waals surface area contributed by atoms with Crippen LogP contribution in [0.5, 0.6) is 0 Å². The molecular weight excluding hydrogens is 332 g/mol. The average molecular weight is 349 g/mol. The Hall–Kier alpha value is -1.72. The number of hydrogen-bond donors (Lipinski definition) is 1. The molecule has 1 aromatic heterocycles. The van der Waals surface area contributed by atoms with Crippen molar-refractivity contribution >= 4 is 21.9 Å². The van der Waals surface area contributed by atoms with Gasteiger partial charge in [0.15, 0.2) is 0 Å². The zero-order valence-corrected chi connectivity index (χ0v) is 13.6. The van der Waals surface area contributed by atoms with Crippen molar-refractivity contribution < 1.29 is 9.53 Å². The summed E-state index contributed by atoms with van der Waals surface area (Å²) in [6, 6.07) is 9.67. The summed E-state index contributed by atoms with van der Waals surface area (Å²) in [5.74, 6) is -0.333. The molecular formula is C16H17BrN2O2. The molecule has 0 saturated carbocycles. The van der Waals surface area contributed by atoms with E-state index < -0.39 is 0 Å². The van der Waals surface area contributed by atoms with E-state index in [2.05, 4.69) is 33.2 Å². The Kier molecular flexibility index (Phi) is 5.47. The first-order chi connectivity index (χ1) is 10.1. The van der Waals surface area contributed by atoms with Gasteiger partial charge in [-0.3, -0.25) is 4.98 Å². The molecule has 1 aromatic carbocycles. The second kappa shape index (κ2) is 7.33. The van der Waals surface area contributed by atoms with Gasteiger partial charge in [0.1, 0.15) is 0 Å². The van der Waals surface area contributed by atoms with E-state index in [-0.39, 0.29) is 12.0 Å². The first-order valence-electron chi connectivity index (χ1n) is 6.62. The Balaban J connectivity index is 2.02. The molecule has 0 radical (unpaired) electrons. The van der Waals surface area contributed by atoms with Crippen molar-refractivity contribution in [3.8, 4) is 0 Å². The van der Waals surface area contributed by atoms with Crippen molar-refractivity contribution in [1.82, 2.24) is 10.3 Å². The van der Waals surface area contributed by atoms with Crippen LogP contribution in [0, 0.1) is 0 Å². The summed E-state index contributed by atoms with van der Waals surface area (Å²) >= 11 is 3.49. The minimum atomic E-state index is -0.333. The van der Waals surface area contributed by atoms with E-state index >= 15 is 0 Å². The molecule has 5 heteroatoms. The van der Waals surface area contributed by atoms with Crippen LogP contribution >= 0.6 is 15.9 Å². The molecule has 0 spiro atoms. The molecule has 0 aliphatic carbocycles. The van der Waals surface area contributed by atoms with Crippen LogP contribution in [0.4, 0.5) is 0 Å². The quantitative estimate of drug-likeness (QED) is 0.840. The lowest BCUT2D eigenvalue weighted by Crippen LogP contribution is -2.18. The number of esters is 1. The Morgan fingerprint density at radius 1 is 1.33 bits per heavy atom. The van der Waals surface area contributed by atoms with Gasteiger partial charge in [-0.05, 0) is 42.3 Å². The highest BCUT2D eigenvalue weighted by molar-refractivity contribution is 9.10. The van der Waals surface area contributed by atoms with Crippen LogP contribution in [0.2, 0.25) is 0 Å². The number of carbonyl (C=O) groups excluding carboxylic acids is 1. The average Bonchev–Trinajstić information content (AvgIpc) is 2.53. The van der Waals surface area contributed by atoms with E-state index in [0.29, 0.717) is 12.1 Å². The van der Waals surface area contributed by atoms with Gasteiger partial charge in [-0.2, -0.15) is 0 Å². The van der Waals surface area contributed by atoms with Crippen molar-refractivity contribution in [1.29, 1.82) is 0 Å². The van der Waals surface area contributed by atoms with Gasteiger partial charge in [0, 0.05) is 29.5 Å². The topological polar surface area (TPSA) is 51.2 Å². The van der Waals surface area contributed by atoms with Gasteiger partial charge in [-0.1, -0.05) is 22.0 Å². The molecule has 21 heavy (non-hydrogen) atoms. The highest BCUT2D eigenvalue weighted by Crippen LogP contribution is 2.20. The molecule has 0 aliphatic heterocycles. The Bertz CT molecular complexity index is 617. The fourth-order valence-electron chi connectivity index (χ4n) is 1.97. The maximum Gasteiger partial charge on any atom is 0.337 e. The van der Waals surface area contributed by atoms with E-state index in [1.165, 1.54) is 12.7 Å². The van der Waals surface area contributed by atoms with Gasteiger partial charge in [-0.15, -0.1) is 0 Å². The molecule has 0 aliphatic rings. The van der Waals surface area contributed by atoms with E-state index in [9.17, 15) is 4.79 Å². The first-order valence-corrected chi connectivity index (χ1v) is 7.41. The van der Waals surface area contributed by atoms with Crippen LogP contribution in [0.3, 0.4) is 0 Å². The Morgan fingerprint density at radius 3 is 2.67 bits per heavy atom. The molecule has 1 N–H and O–H groups in total. The predicted molar refractivity (Wildman–Crippen MR) is 85.0 cm³/mol. The summed E-state index contributed by atoms with van der Waals surface area (Å²) in [6.45, 7) is 2.80.